The monoisotopic (exact) mass is 391 g/mol. The highest BCUT2D eigenvalue weighted by Gasteiger charge is 2.28. The lowest BCUT2D eigenvalue weighted by Crippen LogP contribution is -2.37. The Morgan fingerprint density at radius 2 is 2.15 bits per heavy atom. The van der Waals surface area contributed by atoms with E-state index in [-0.39, 0.29) is 42.3 Å². The number of carbonyl (C=O) groups excluding carboxylic acids is 2. The Kier molecular flexibility index (Phi) is 5.54. The summed E-state index contributed by atoms with van der Waals surface area (Å²) in [6.07, 6.45) is 3.62. The van der Waals surface area contributed by atoms with Crippen LogP contribution in [-0.2, 0) is 14.6 Å². The first-order chi connectivity index (χ1) is 12.9. The fourth-order valence-corrected chi connectivity index (χ4v) is 4.61. The van der Waals surface area contributed by atoms with Crippen molar-refractivity contribution in [2.75, 3.05) is 18.1 Å². The summed E-state index contributed by atoms with van der Waals surface area (Å²) < 4.78 is 24.4. The summed E-state index contributed by atoms with van der Waals surface area (Å²) in [4.78, 5) is 28.4. The van der Waals surface area contributed by atoms with Crippen molar-refractivity contribution in [3.8, 4) is 5.82 Å². The molecule has 2 amide bonds. The summed E-state index contributed by atoms with van der Waals surface area (Å²) in [6, 6.07) is 5.08. The lowest BCUT2D eigenvalue weighted by atomic mass is 10.2. The van der Waals surface area contributed by atoms with Crippen molar-refractivity contribution in [1.82, 2.24) is 25.4 Å². The van der Waals surface area contributed by atoms with Crippen molar-refractivity contribution in [1.29, 1.82) is 0 Å². The minimum atomic E-state index is -3.04. The van der Waals surface area contributed by atoms with Crippen LogP contribution >= 0.6 is 0 Å². The third-order valence-electron chi connectivity index (χ3n) is 4.36. The molecule has 2 aromatic heterocycles. The average molecular weight is 391 g/mol. The van der Waals surface area contributed by atoms with Crippen molar-refractivity contribution in [2.24, 2.45) is 0 Å². The van der Waals surface area contributed by atoms with Gasteiger partial charge in [-0.1, -0.05) is 6.07 Å². The fraction of sp³-hybridized carbons (Fsp3) is 0.412. The van der Waals surface area contributed by atoms with Crippen LogP contribution in [0, 0.1) is 6.92 Å². The largest absolute Gasteiger partial charge is 0.352 e. The molecule has 1 aliphatic rings. The Labute approximate surface area is 157 Å². The number of carbonyl (C=O) groups is 2. The van der Waals surface area contributed by atoms with Gasteiger partial charge in [-0.2, -0.15) is 5.10 Å². The molecule has 10 heteroatoms. The molecule has 3 heterocycles. The molecule has 144 valence electrons. The highest BCUT2D eigenvalue weighted by Crippen LogP contribution is 2.12. The predicted octanol–water partition coefficient (Wildman–Crippen LogP) is -0.00108. The van der Waals surface area contributed by atoms with E-state index in [1.54, 1.807) is 29.9 Å². The number of pyridine rings is 1. The molecule has 2 N–H and O–H groups in total. The fourth-order valence-electron chi connectivity index (χ4n) is 2.94. The minimum absolute atomic E-state index is 0.0169. The summed E-state index contributed by atoms with van der Waals surface area (Å²) in [5, 5.41) is 9.57. The summed E-state index contributed by atoms with van der Waals surface area (Å²) in [5.74, 6) is 0.0924. The second kappa shape index (κ2) is 7.87. The van der Waals surface area contributed by atoms with E-state index in [0.29, 0.717) is 23.5 Å². The first-order valence-electron chi connectivity index (χ1n) is 8.60. The van der Waals surface area contributed by atoms with E-state index in [1.165, 1.54) is 6.20 Å². The molecule has 2 aromatic rings. The van der Waals surface area contributed by atoms with E-state index in [4.69, 9.17) is 0 Å². The molecule has 0 spiro atoms. The van der Waals surface area contributed by atoms with Gasteiger partial charge in [-0.05, 0) is 25.5 Å². The van der Waals surface area contributed by atoms with Crippen LogP contribution in [0.4, 0.5) is 0 Å². The van der Waals surface area contributed by atoms with Gasteiger partial charge < -0.3 is 10.6 Å². The highest BCUT2D eigenvalue weighted by atomic mass is 32.2. The molecule has 0 radical (unpaired) electrons. The van der Waals surface area contributed by atoms with Crippen LogP contribution in [0.5, 0.6) is 0 Å². The average Bonchev–Trinajstić information content (AvgIpc) is 3.17. The number of nitrogens with one attached hydrogen (secondary N) is 2. The zero-order valence-corrected chi connectivity index (χ0v) is 15.7. The lowest BCUT2D eigenvalue weighted by Gasteiger charge is -2.11. The maximum atomic E-state index is 12.3. The van der Waals surface area contributed by atoms with Crippen molar-refractivity contribution in [2.45, 2.75) is 25.8 Å². The Morgan fingerprint density at radius 3 is 2.81 bits per heavy atom. The first kappa shape index (κ1) is 19.0. The number of amides is 2. The molecule has 9 nitrogen and oxygen atoms in total. The van der Waals surface area contributed by atoms with Gasteiger partial charge in [0.15, 0.2) is 15.7 Å². The summed E-state index contributed by atoms with van der Waals surface area (Å²) in [7, 11) is -3.04. The molecule has 1 aliphatic heterocycles. The number of sulfone groups is 1. The number of hydrogen-bond acceptors (Lipinski definition) is 6. The molecule has 27 heavy (non-hydrogen) atoms. The Hall–Kier alpha value is -2.75. The van der Waals surface area contributed by atoms with Gasteiger partial charge in [0.1, 0.15) is 0 Å². The van der Waals surface area contributed by atoms with Crippen molar-refractivity contribution in [3.05, 3.63) is 41.9 Å². The van der Waals surface area contributed by atoms with Crippen LogP contribution < -0.4 is 10.6 Å². The SMILES string of the molecule is Cc1c(C(=O)NCCC(=O)N[C@@H]2CCS(=O)(=O)C2)cnn1-c1ccccn1. The lowest BCUT2D eigenvalue weighted by molar-refractivity contribution is -0.121. The van der Waals surface area contributed by atoms with Crippen LogP contribution in [0.2, 0.25) is 0 Å². The van der Waals surface area contributed by atoms with Gasteiger partial charge in [0, 0.05) is 25.2 Å². The van der Waals surface area contributed by atoms with Gasteiger partial charge in [0.2, 0.25) is 5.91 Å². The van der Waals surface area contributed by atoms with E-state index in [2.05, 4.69) is 20.7 Å². The van der Waals surface area contributed by atoms with Crippen molar-refractivity contribution in [3.63, 3.8) is 0 Å². The molecule has 0 unspecified atom stereocenters. The van der Waals surface area contributed by atoms with Crippen LogP contribution in [0.15, 0.2) is 30.6 Å². The van der Waals surface area contributed by atoms with Gasteiger partial charge in [-0.25, -0.2) is 18.1 Å². The van der Waals surface area contributed by atoms with E-state index in [0.717, 1.165) is 0 Å². The summed E-state index contributed by atoms with van der Waals surface area (Å²) in [6.45, 7) is 1.92. The summed E-state index contributed by atoms with van der Waals surface area (Å²) in [5.41, 5.74) is 1.05. The number of rotatable bonds is 6. The van der Waals surface area contributed by atoms with Crippen LogP contribution in [0.1, 0.15) is 28.9 Å². The van der Waals surface area contributed by atoms with Crippen LogP contribution in [0.3, 0.4) is 0 Å². The van der Waals surface area contributed by atoms with E-state index < -0.39 is 9.84 Å². The number of aromatic nitrogens is 3. The highest BCUT2D eigenvalue weighted by molar-refractivity contribution is 7.91. The molecular weight excluding hydrogens is 370 g/mol. The van der Waals surface area contributed by atoms with Crippen molar-refractivity contribution >= 4 is 21.7 Å². The third kappa shape index (κ3) is 4.70. The molecule has 3 rings (SSSR count). The number of nitrogens with zero attached hydrogens (tertiary/aromatic N) is 3. The van der Waals surface area contributed by atoms with Crippen LogP contribution in [-0.4, -0.2) is 59.1 Å². The summed E-state index contributed by atoms with van der Waals surface area (Å²) >= 11 is 0. The smallest absolute Gasteiger partial charge is 0.254 e. The molecule has 1 saturated heterocycles. The van der Waals surface area contributed by atoms with Gasteiger partial charge in [-0.3, -0.25) is 9.59 Å². The molecule has 0 aromatic carbocycles. The minimum Gasteiger partial charge on any atom is -0.352 e. The molecular formula is C17H21N5O4S. The normalized spacial score (nSPS) is 18.2. The van der Waals surface area contributed by atoms with Gasteiger partial charge in [0.25, 0.3) is 5.91 Å². The van der Waals surface area contributed by atoms with Gasteiger partial charge in [-0.15, -0.1) is 0 Å². The quantitative estimate of drug-likeness (QED) is 0.714. The standard InChI is InChI=1S/C17H21N5O4S/c1-12-14(10-20-22(12)15-4-2-3-7-18-15)17(24)19-8-5-16(23)21-13-6-9-27(25,26)11-13/h2-4,7,10,13H,5-6,8-9,11H2,1H3,(H,19,24)(H,21,23)/t13-/m1/s1. The number of hydrogen-bond donors (Lipinski definition) is 2. The third-order valence-corrected chi connectivity index (χ3v) is 6.12. The maximum Gasteiger partial charge on any atom is 0.254 e. The van der Waals surface area contributed by atoms with E-state index in [9.17, 15) is 18.0 Å². The van der Waals surface area contributed by atoms with E-state index >= 15 is 0 Å². The molecule has 1 atom stereocenters. The predicted molar refractivity (Wildman–Crippen MR) is 98.2 cm³/mol. The van der Waals surface area contributed by atoms with Gasteiger partial charge in [0.05, 0.1) is 29.0 Å². The second-order valence-electron chi connectivity index (χ2n) is 6.42. The molecule has 1 fully saturated rings. The Bertz CT molecular complexity index is 939. The zero-order chi connectivity index (χ0) is 19.4. The van der Waals surface area contributed by atoms with Crippen molar-refractivity contribution < 1.29 is 18.0 Å². The zero-order valence-electron chi connectivity index (χ0n) is 14.9. The molecule has 0 saturated carbocycles. The molecule has 0 bridgehead atoms. The Balaban J connectivity index is 1.50. The first-order valence-corrected chi connectivity index (χ1v) is 10.4. The second-order valence-corrected chi connectivity index (χ2v) is 8.65. The van der Waals surface area contributed by atoms with Crippen LogP contribution in [0.25, 0.3) is 5.82 Å². The van der Waals surface area contributed by atoms with E-state index in [1.807, 2.05) is 6.07 Å². The topological polar surface area (TPSA) is 123 Å². The Morgan fingerprint density at radius 1 is 1.33 bits per heavy atom. The maximum absolute atomic E-state index is 12.3. The molecule has 0 aliphatic carbocycles. The van der Waals surface area contributed by atoms with Gasteiger partial charge >= 0.3 is 0 Å².